The number of aromatic nitrogens is 2. The maximum Gasteiger partial charge on any atom is 0.411 e. The molecule has 3 heterocycles. The lowest BCUT2D eigenvalue weighted by Crippen LogP contribution is -2.25. The van der Waals surface area contributed by atoms with E-state index in [1.54, 1.807) is 6.20 Å². The van der Waals surface area contributed by atoms with Gasteiger partial charge in [-0.1, -0.05) is 17.3 Å². The highest BCUT2D eigenvalue weighted by molar-refractivity contribution is 6.04. The average molecular weight is 542 g/mol. The Morgan fingerprint density at radius 3 is 2.50 bits per heavy atom. The minimum absolute atomic E-state index is 0.0535. The van der Waals surface area contributed by atoms with Crippen LogP contribution in [0.3, 0.4) is 0 Å². The third-order valence-electron chi connectivity index (χ3n) is 8.55. The van der Waals surface area contributed by atoms with Gasteiger partial charge in [0.05, 0.1) is 36.2 Å². The molecule has 7 rings (SSSR count). The zero-order valence-electron chi connectivity index (χ0n) is 22.8. The SMILES string of the molecule is CC(OC(=O)Nc1ccc(-c2c(-c3ccno3)c3ccc(OC4CCOCC4)cc3n2C2CCC2)cc1)C1CC1. The molecule has 40 heavy (non-hydrogen) atoms. The molecule has 8 nitrogen and oxygen atoms in total. The summed E-state index contributed by atoms with van der Waals surface area (Å²) in [6.45, 7) is 3.45. The summed E-state index contributed by atoms with van der Waals surface area (Å²) in [7, 11) is 0. The van der Waals surface area contributed by atoms with E-state index in [0.29, 0.717) is 17.6 Å². The predicted molar refractivity (Wildman–Crippen MR) is 153 cm³/mol. The molecule has 0 bridgehead atoms. The molecule has 1 unspecified atom stereocenters. The lowest BCUT2D eigenvalue weighted by atomic mass is 9.92. The largest absolute Gasteiger partial charge is 0.490 e. The van der Waals surface area contributed by atoms with Crippen LogP contribution >= 0.6 is 0 Å². The van der Waals surface area contributed by atoms with Gasteiger partial charge in [0.1, 0.15) is 18.0 Å². The third-order valence-corrected chi connectivity index (χ3v) is 8.55. The summed E-state index contributed by atoms with van der Waals surface area (Å²) in [4.78, 5) is 12.4. The van der Waals surface area contributed by atoms with Crippen LogP contribution in [0.25, 0.3) is 33.5 Å². The van der Waals surface area contributed by atoms with Crippen LogP contribution < -0.4 is 10.1 Å². The molecule has 3 aliphatic rings. The second-order valence-corrected chi connectivity index (χ2v) is 11.3. The Balaban J connectivity index is 1.26. The highest BCUT2D eigenvalue weighted by Gasteiger charge is 2.31. The molecule has 3 fully saturated rings. The Morgan fingerprint density at radius 2 is 1.82 bits per heavy atom. The number of amides is 1. The number of fused-ring (bicyclic) bond motifs is 1. The second-order valence-electron chi connectivity index (χ2n) is 11.3. The highest BCUT2D eigenvalue weighted by Crippen LogP contribution is 2.47. The molecule has 2 saturated carbocycles. The predicted octanol–water partition coefficient (Wildman–Crippen LogP) is 7.59. The first-order valence-corrected chi connectivity index (χ1v) is 14.6. The van der Waals surface area contributed by atoms with Gasteiger partial charge in [-0.15, -0.1) is 0 Å². The lowest BCUT2D eigenvalue weighted by Gasteiger charge is -2.30. The second kappa shape index (κ2) is 10.7. The smallest absolute Gasteiger partial charge is 0.411 e. The number of nitrogens with one attached hydrogen (secondary N) is 1. The normalized spacial score (nSPS) is 18.8. The molecule has 1 amide bonds. The Morgan fingerprint density at radius 1 is 1.02 bits per heavy atom. The first kappa shape index (κ1) is 25.2. The van der Waals surface area contributed by atoms with Crippen LogP contribution in [0.4, 0.5) is 10.5 Å². The van der Waals surface area contributed by atoms with Crippen molar-refractivity contribution in [2.24, 2.45) is 5.92 Å². The van der Waals surface area contributed by atoms with Crippen molar-refractivity contribution >= 4 is 22.7 Å². The molecule has 1 saturated heterocycles. The van der Waals surface area contributed by atoms with Gasteiger partial charge in [-0.25, -0.2) is 4.79 Å². The summed E-state index contributed by atoms with van der Waals surface area (Å²) in [5.41, 5.74) is 5.00. The van der Waals surface area contributed by atoms with Crippen molar-refractivity contribution in [2.45, 2.75) is 70.1 Å². The van der Waals surface area contributed by atoms with Gasteiger partial charge in [0, 0.05) is 42.1 Å². The maximum atomic E-state index is 12.4. The number of carbonyl (C=O) groups excluding carboxylic acids is 1. The van der Waals surface area contributed by atoms with E-state index < -0.39 is 6.09 Å². The number of benzene rings is 2. The average Bonchev–Trinajstić information content (AvgIpc) is 3.56. The Bertz CT molecular complexity index is 1480. The van der Waals surface area contributed by atoms with E-state index in [0.717, 1.165) is 91.0 Å². The van der Waals surface area contributed by atoms with Crippen LogP contribution in [0.15, 0.2) is 59.3 Å². The number of carbonyl (C=O) groups is 1. The molecule has 0 spiro atoms. The zero-order valence-corrected chi connectivity index (χ0v) is 22.8. The van der Waals surface area contributed by atoms with Crippen LogP contribution in [-0.2, 0) is 9.47 Å². The fourth-order valence-electron chi connectivity index (χ4n) is 5.94. The number of nitrogens with zero attached hydrogens (tertiary/aromatic N) is 2. The lowest BCUT2D eigenvalue weighted by molar-refractivity contribution is 0.0256. The molecule has 4 aromatic rings. The molecule has 208 valence electrons. The highest BCUT2D eigenvalue weighted by atomic mass is 16.6. The molecule has 8 heteroatoms. The van der Waals surface area contributed by atoms with Crippen LogP contribution in [0.2, 0.25) is 0 Å². The van der Waals surface area contributed by atoms with Crippen molar-refractivity contribution < 1.29 is 23.5 Å². The molecule has 1 atom stereocenters. The molecule has 2 aliphatic carbocycles. The third kappa shape index (κ3) is 4.96. The van der Waals surface area contributed by atoms with Crippen molar-refractivity contribution in [2.75, 3.05) is 18.5 Å². The first-order valence-electron chi connectivity index (χ1n) is 14.6. The molecule has 1 aliphatic heterocycles. The van der Waals surface area contributed by atoms with Gasteiger partial charge in [0.15, 0.2) is 5.76 Å². The number of anilines is 1. The minimum Gasteiger partial charge on any atom is -0.490 e. The topological polar surface area (TPSA) is 87.8 Å². The number of hydrogen-bond donors (Lipinski definition) is 1. The molecule has 2 aromatic heterocycles. The molecule has 0 radical (unpaired) electrons. The van der Waals surface area contributed by atoms with Crippen molar-refractivity contribution in [1.82, 2.24) is 9.72 Å². The quantitative estimate of drug-likeness (QED) is 0.247. The Labute approximate surface area is 233 Å². The molecular formula is C32H35N3O5. The fourth-order valence-corrected chi connectivity index (χ4v) is 5.94. The van der Waals surface area contributed by atoms with Crippen LogP contribution in [-0.4, -0.2) is 41.2 Å². The monoisotopic (exact) mass is 541 g/mol. The van der Waals surface area contributed by atoms with Crippen LogP contribution in [0, 0.1) is 5.92 Å². The first-order chi connectivity index (χ1) is 19.6. The zero-order chi connectivity index (χ0) is 27.1. The van der Waals surface area contributed by atoms with Gasteiger partial charge in [-0.05, 0) is 74.8 Å². The fraction of sp³-hybridized carbons (Fsp3) is 0.438. The molecular weight excluding hydrogens is 506 g/mol. The van der Waals surface area contributed by atoms with Gasteiger partial charge in [-0.3, -0.25) is 5.32 Å². The van der Waals surface area contributed by atoms with E-state index in [2.05, 4.69) is 45.4 Å². The summed E-state index contributed by atoms with van der Waals surface area (Å²) >= 11 is 0. The van der Waals surface area contributed by atoms with E-state index in [9.17, 15) is 4.79 Å². The number of rotatable bonds is 8. The van der Waals surface area contributed by atoms with Gasteiger partial charge in [0.25, 0.3) is 0 Å². The van der Waals surface area contributed by atoms with E-state index in [1.807, 2.05) is 25.1 Å². The summed E-state index contributed by atoms with van der Waals surface area (Å²) in [6.07, 6.45) is 8.95. The van der Waals surface area contributed by atoms with Crippen molar-refractivity contribution in [1.29, 1.82) is 0 Å². The van der Waals surface area contributed by atoms with Gasteiger partial charge < -0.3 is 23.3 Å². The van der Waals surface area contributed by atoms with Gasteiger partial charge in [0.2, 0.25) is 0 Å². The van der Waals surface area contributed by atoms with Crippen molar-refractivity contribution in [3.63, 3.8) is 0 Å². The van der Waals surface area contributed by atoms with E-state index in [4.69, 9.17) is 18.7 Å². The van der Waals surface area contributed by atoms with E-state index >= 15 is 0 Å². The summed E-state index contributed by atoms with van der Waals surface area (Å²) in [6, 6.07) is 16.7. The van der Waals surface area contributed by atoms with E-state index in [-0.39, 0.29) is 12.2 Å². The van der Waals surface area contributed by atoms with Crippen molar-refractivity contribution in [3.8, 4) is 28.3 Å². The van der Waals surface area contributed by atoms with Crippen LogP contribution in [0.1, 0.15) is 57.9 Å². The van der Waals surface area contributed by atoms with Crippen molar-refractivity contribution in [3.05, 3.63) is 54.7 Å². The molecule has 1 N–H and O–H groups in total. The Kier molecular flexibility index (Phi) is 6.71. The number of ether oxygens (including phenoxy) is 3. The van der Waals surface area contributed by atoms with E-state index in [1.165, 1.54) is 6.42 Å². The minimum atomic E-state index is -0.407. The summed E-state index contributed by atoms with van der Waals surface area (Å²) < 4.78 is 25.7. The summed E-state index contributed by atoms with van der Waals surface area (Å²) in [5.74, 6) is 2.11. The Hall–Kier alpha value is -3.78. The van der Waals surface area contributed by atoms with Gasteiger partial charge >= 0.3 is 6.09 Å². The maximum absolute atomic E-state index is 12.4. The number of hydrogen-bond acceptors (Lipinski definition) is 6. The molecule has 2 aromatic carbocycles. The van der Waals surface area contributed by atoms with Gasteiger partial charge in [-0.2, -0.15) is 0 Å². The summed E-state index contributed by atoms with van der Waals surface area (Å²) in [5, 5.41) is 8.02. The van der Waals surface area contributed by atoms with Crippen LogP contribution in [0.5, 0.6) is 5.75 Å². The standard InChI is InChI=1S/C32H35N3O5/c1-20(21-5-6-21)38-32(36)34-23-9-7-22(8-10-23)31-30(29-13-16-33-40-29)27-12-11-26(39-25-14-17-37-18-15-25)19-28(27)35(31)24-3-2-4-24/h7-13,16,19-21,24-25H,2-6,14-15,17-18H2,1H3,(H,34,36).